The van der Waals surface area contributed by atoms with E-state index in [1.807, 2.05) is 18.2 Å². The number of benzene rings is 2. The second kappa shape index (κ2) is 7.47. The van der Waals surface area contributed by atoms with E-state index in [1.54, 1.807) is 6.07 Å². The molecular weight excluding hydrogens is 333 g/mol. The number of halogens is 2. The summed E-state index contributed by atoms with van der Waals surface area (Å²) >= 11 is 6.04. The van der Waals surface area contributed by atoms with Crippen molar-refractivity contribution in [1.29, 1.82) is 0 Å². The molecule has 1 aliphatic heterocycles. The molecular formula is C18H15ClFNO3. The number of carbonyl (C=O) groups is 1. The highest BCUT2D eigenvalue weighted by Crippen LogP contribution is 2.30. The molecule has 0 aliphatic carbocycles. The number of carbonyl (C=O) groups excluding carboxylic acids is 1. The van der Waals surface area contributed by atoms with Gasteiger partial charge in [0.05, 0.1) is 6.61 Å². The molecule has 0 unspecified atom stereocenters. The monoisotopic (exact) mass is 347 g/mol. The zero-order valence-electron chi connectivity index (χ0n) is 12.7. The second-order valence-corrected chi connectivity index (χ2v) is 5.64. The van der Waals surface area contributed by atoms with Crippen LogP contribution >= 0.6 is 11.6 Å². The van der Waals surface area contributed by atoms with E-state index in [0.717, 1.165) is 5.56 Å². The minimum Gasteiger partial charge on any atom is -0.467 e. The summed E-state index contributed by atoms with van der Waals surface area (Å²) in [5.74, 6) is -0.170. The van der Waals surface area contributed by atoms with Crippen molar-refractivity contribution in [3.05, 3.63) is 70.0 Å². The van der Waals surface area contributed by atoms with Gasteiger partial charge >= 0.3 is 0 Å². The van der Waals surface area contributed by atoms with Gasteiger partial charge in [-0.05, 0) is 29.8 Å². The lowest BCUT2D eigenvalue weighted by atomic mass is 10.1. The Kier molecular flexibility index (Phi) is 5.13. The smallest absolute Gasteiger partial charge is 0.244 e. The molecule has 0 spiro atoms. The molecule has 0 aromatic heterocycles. The molecule has 0 radical (unpaired) electrons. The van der Waals surface area contributed by atoms with Crippen LogP contribution < -0.4 is 10.1 Å². The van der Waals surface area contributed by atoms with Gasteiger partial charge < -0.3 is 14.8 Å². The fourth-order valence-electron chi connectivity index (χ4n) is 2.38. The van der Waals surface area contributed by atoms with Crippen LogP contribution in [0.3, 0.4) is 0 Å². The summed E-state index contributed by atoms with van der Waals surface area (Å²) in [4.78, 5) is 12.0. The van der Waals surface area contributed by atoms with E-state index in [4.69, 9.17) is 21.1 Å². The van der Waals surface area contributed by atoms with E-state index in [0.29, 0.717) is 28.4 Å². The number of rotatable bonds is 4. The average molecular weight is 348 g/mol. The summed E-state index contributed by atoms with van der Waals surface area (Å²) in [5.41, 5.74) is 1.95. The molecule has 1 N–H and O–H groups in total. The highest BCUT2D eigenvalue weighted by molar-refractivity contribution is 6.31. The molecule has 0 saturated carbocycles. The second-order valence-electron chi connectivity index (χ2n) is 5.24. The number of fused-ring (bicyclic) bond motifs is 1. The molecule has 1 amide bonds. The number of hydrogen-bond acceptors (Lipinski definition) is 3. The molecule has 0 fully saturated rings. The predicted octanol–water partition coefficient (Wildman–Crippen LogP) is 3.68. The molecule has 4 nitrogen and oxygen atoms in total. The van der Waals surface area contributed by atoms with E-state index in [-0.39, 0.29) is 19.3 Å². The summed E-state index contributed by atoms with van der Waals surface area (Å²) in [7, 11) is 0. The summed E-state index contributed by atoms with van der Waals surface area (Å²) in [6, 6.07) is 9.96. The Balaban J connectivity index is 1.68. The average Bonchev–Trinajstić information content (AvgIpc) is 2.58. The lowest BCUT2D eigenvalue weighted by Gasteiger charge is -2.19. The Morgan fingerprint density at radius 3 is 3.00 bits per heavy atom. The van der Waals surface area contributed by atoms with Gasteiger partial charge in [-0.2, -0.15) is 0 Å². The molecule has 0 saturated heterocycles. The molecule has 124 valence electrons. The minimum atomic E-state index is -0.404. The van der Waals surface area contributed by atoms with Crippen LogP contribution in [-0.2, 0) is 22.7 Å². The molecule has 3 rings (SSSR count). The van der Waals surface area contributed by atoms with E-state index in [2.05, 4.69) is 5.32 Å². The molecule has 2 aromatic carbocycles. The maximum Gasteiger partial charge on any atom is 0.244 e. The Morgan fingerprint density at radius 1 is 1.33 bits per heavy atom. The zero-order valence-corrected chi connectivity index (χ0v) is 13.5. The number of hydrogen-bond donors (Lipinski definition) is 1. The van der Waals surface area contributed by atoms with Crippen molar-refractivity contribution < 1.29 is 18.7 Å². The molecule has 1 heterocycles. The highest BCUT2D eigenvalue weighted by atomic mass is 35.5. The quantitative estimate of drug-likeness (QED) is 0.858. The van der Waals surface area contributed by atoms with Gasteiger partial charge in [-0.25, -0.2) is 4.39 Å². The van der Waals surface area contributed by atoms with Crippen molar-refractivity contribution in [3.63, 3.8) is 0 Å². The van der Waals surface area contributed by atoms with E-state index >= 15 is 0 Å². The van der Waals surface area contributed by atoms with Crippen molar-refractivity contribution in [2.45, 2.75) is 13.2 Å². The zero-order chi connectivity index (χ0) is 16.9. The third kappa shape index (κ3) is 3.93. The number of ether oxygens (including phenoxy) is 2. The summed E-state index contributed by atoms with van der Waals surface area (Å²) in [5, 5.41) is 3.33. The summed E-state index contributed by atoms with van der Waals surface area (Å²) in [6.07, 6.45) is 2.86. The van der Waals surface area contributed by atoms with Gasteiger partial charge in [0.25, 0.3) is 0 Å². The van der Waals surface area contributed by atoms with Crippen LogP contribution in [0, 0.1) is 5.82 Å². The third-order valence-corrected chi connectivity index (χ3v) is 3.90. The number of nitrogens with one attached hydrogen (secondary N) is 1. The summed E-state index contributed by atoms with van der Waals surface area (Å²) in [6.45, 7) is 0.708. The van der Waals surface area contributed by atoms with Gasteiger partial charge in [0, 0.05) is 28.8 Å². The van der Waals surface area contributed by atoms with E-state index in [1.165, 1.54) is 24.3 Å². The van der Waals surface area contributed by atoms with Gasteiger partial charge in [-0.1, -0.05) is 29.8 Å². The lowest BCUT2D eigenvalue weighted by Crippen LogP contribution is -2.20. The Labute approximate surface area is 143 Å². The van der Waals surface area contributed by atoms with Crippen LogP contribution in [0.15, 0.2) is 42.5 Å². The van der Waals surface area contributed by atoms with Crippen LogP contribution in [0.1, 0.15) is 16.7 Å². The lowest BCUT2D eigenvalue weighted by molar-refractivity contribution is -0.116. The van der Waals surface area contributed by atoms with E-state index in [9.17, 15) is 9.18 Å². The van der Waals surface area contributed by atoms with Gasteiger partial charge in [0.15, 0.2) is 6.79 Å². The highest BCUT2D eigenvalue weighted by Gasteiger charge is 2.15. The van der Waals surface area contributed by atoms with Crippen LogP contribution in [0.5, 0.6) is 5.75 Å². The third-order valence-electron chi connectivity index (χ3n) is 3.53. The van der Waals surface area contributed by atoms with Crippen molar-refractivity contribution in [3.8, 4) is 5.75 Å². The molecule has 1 aliphatic rings. The maximum absolute atomic E-state index is 13.6. The first-order valence-electron chi connectivity index (χ1n) is 7.36. The van der Waals surface area contributed by atoms with Gasteiger partial charge in [-0.3, -0.25) is 4.79 Å². The summed E-state index contributed by atoms with van der Waals surface area (Å²) < 4.78 is 24.2. The van der Waals surface area contributed by atoms with Crippen molar-refractivity contribution in [2.75, 3.05) is 6.79 Å². The predicted molar refractivity (Wildman–Crippen MR) is 89.0 cm³/mol. The van der Waals surface area contributed by atoms with Crippen LogP contribution in [-0.4, -0.2) is 12.7 Å². The Hall–Kier alpha value is -2.37. The normalized spacial score (nSPS) is 13.4. The number of amides is 1. The molecule has 0 bridgehead atoms. The first kappa shape index (κ1) is 16.5. The van der Waals surface area contributed by atoms with E-state index < -0.39 is 5.82 Å². The standard InChI is InChI=1S/C18H15ClFNO3/c19-16-4-2-1-3-13(16)9-21-17(22)6-5-12-7-15(20)8-14-10-23-11-24-18(12)14/h1-8H,9-11H2,(H,21,22). The topological polar surface area (TPSA) is 47.6 Å². The van der Waals surface area contributed by atoms with Crippen LogP contribution in [0.4, 0.5) is 4.39 Å². The minimum absolute atomic E-state index is 0.109. The van der Waals surface area contributed by atoms with Gasteiger partial charge in [-0.15, -0.1) is 0 Å². The molecule has 0 atom stereocenters. The first-order chi connectivity index (χ1) is 11.6. The molecule has 24 heavy (non-hydrogen) atoms. The largest absolute Gasteiger partial charge is 0.467 e. The Bertz CT molecular complexity index is 792. The molecule has 6 heteroatoms. The van der Waals surface area contributed by atoms with Gasteiger partial charge in [0.2, 0.25) is 5.91 Å². The fourth-order valence-corrected chi connectivity index (χ4v) is 2.58. The first-order valence-corrected chi connectivity index (χ1v) is 7.73. The fraction of sp³-hybridized carbons (Fsp3) is 0.167. The van der Waals surface area contributed by atoms with Crippen LogP contribution in [0.25, 0.3) is 6.08 Å². The van der Waals surface area contributed by atoms with Gasteiger partial charge in [0.1, 0.15) is 11.6 Å². The molecule has 2 aromatic rings. The van der Waals surface area contributed by atoms with Crippen LogP contribution in [0.2, 0.25) is 5.02 Å². The maximum atomic E-state index is 13.6. The Morgan fingerprint density at radius 2 is 2.17 bits per heavy atom. The van der Waals surface area contributed by atoms with Crippen molar-refractivity contribution >= 4 is 23.6 Å². The van der Waals surface area contributed by atoms with Crippen molar-refractivity contribution in [1.82, 2.24) is 5.32 Å². The van der Waals surface area contributed by atoms with Crippen molar-refractivity contribution in [2.24, 2.45) is 0 Å². The SMILES string of the molecule is O=C(C=Cc1cc(F)cc2c1OCOC2)NCc1ccccc1Cl.